The largest absolute Gasteiger partial charge is 0.493 e. The molecule has 65 heavy (non-hydrogen) atoms. The van der Waals surface area contributed by atoms with Crippen LogP contribution in [0.4, 0.5) is 11.4 Å². The van der Waals surface area contributed by atoms with Gasteiger partial charge in [-0.2, -0.15) is 5.26 Å². The fourth-order valence-corrected chi connectivity index (χ4v) is 9.64. The zero-order valence-corrected chi connectivity index (χ0v) is 37.7. The van der Waals surface area contributed by atoms with Gasteiger partial charge in [0.25, 0.3) is 11.8 Å². The summed E-state index contributed by atoms with van der Waals surface area (Å²) in [7, 11) is 4.84. The average molecular weight is 882 g/mol. The first-order chi connectivity index (χ1) is 31.6. The lowest BCUT2D eigenvalue weighted by Crippen LogP contribution is -2.40. The Labute approximate surface area is 381 Å². The summed E-state index contributed by atoms with van der Waals surface area (Å²) in [5.74, 6) is 1.82. The Morgan fingerprint density at radius 1 is 0.877 bits per heavy atom. The van der Waals surface area contributed by atoms with Crippen LogP contribution in [0.25, 0.3) is 0 Å². The molecule has 0 radical (unpaired) electrons. The topological polar surface area (TPSA) is 177 Å². The van der Waals surface area contributed by atoms with Gasteiger partial charge in [-0.05, 0) is 130 Å². The Balaban J connectivity index is 0.893. The lowest BCUT2D eigenvalue weighted by Gasteiger charge is -2.41. The first-order valence-corrected chi connectivity index (χ1v) is 22.6. The summed E-state index contributed by atoms with van der Waals surface area (Å²) in [4.78, 5) is 57.3. The zero-order valence-electron chi connectivity index (χ0n) is 37.7. The number of imide groups is 1. The Bertz CT molecular complexity index is 2420. The predicted octanol–water partition coefficient (Wildman–Crippen LogP) is 8.02. The number of likely N-dealkylation sites (tertiary alicyclic amines) is 1. The highest BCUT2D eigenvalue weighted by Crippen LogP contribution is 2.40. The summed E-state index contributed by atoms with van der Waals surface area (Å²) in [5.41, 5.74) is 4.91. The number of nitriles is 1. The number of anilines is 2. The zero-order chi connectivity index (χ0) is 46.0. The molecule has 2 atom stereocenters. The third-order valence-electron chi connectivity index (χ3n) is 13.2. The molecule has 3 aliphatic heterocycles. The standard InChI is InChI=1S/C51H59N7O7/c1-5-64-47-29-36(10-17-46(47)63-4)45(18-23-52)58-50(61)40-15-11-37(30-43(40)51(58)62)57-26-21-35(22-27-57)34-19-24-56(25-20-34)32-33-8-12-38(13-9-33)65-39-14-16-41(44(31-39)54-2)48(53)42(7-6-28-59)49(60)55-3/h8-17,28-31,34-35,42,45,53-54H,5-7,18-22,24-27,32H2,1-4H3,(H,55,60). The second-order valence-electron chi connectivity index (χ2n) is 16.9. The van der Waals surface area contributed by atoms with Crippen LogP contribution in [-0.4, -0.2) is 93.5 Å². The van der Waals surface area contributed by atoms with E-state index in [-0.39, 0.29) is 36.8 Å². The van der Waals surface area contributed by atoms with Gasteiger partial charge in [0.05, 0.1) is 55.0 Å². The van der Waals surface area contributed by atoms with Crippen LogP contribution in [0.5, 0.6) is 23.0 Å². The van der Waals surface area contributed by atoms with Crippen LogP contribution >= 0.6 is 0 Å². The fraction of sp³-hybridized carbons (Fsp3) is 0.412. The van der Waals surface area contributed by atoms with Crippen LogP contribution in [0.15, 0.2) is 78.9 Å². The maximum atomic E-state index is 13.9. The number of piperidine rings is 2. The molecule has 3 aliphatic rings. The maximum absolute atomic E-state index is 13.9. The van der Waals surface area contributed by atoms with Gasteiger partial charge in [-0.1, -0.05) is 18.2 Å². The van der Waals surface area contributed by atoms with Crippen molar-refractivity contribution in [3.8, 4) is 29.1 Å². The van der Waals surface area contributed by atoms with Crippen molar-refractivity contribution in [1.29, 1.82) is 10.7 Å². The number of fused-ring (bicyclic) bond motifs is 1. The number of hydrogen-bond acceptors (Lipinski definition) is 12. The van der Waals surface area contributed by atoms with E-state index in [4.69, 9.17) is 19.6 Å². The molecule has 0 saturated carbocycles. The van der Waals surface area contributed by atoms with E-state index in [2.05, 4.69) is 38.6 Å². The molecule has 3 amide bonds. The van der Waals surface area contributed by atoms with Crippen LogP contribution in [0.1, 0.15) is 95.3 Å². The normalized spacial score (nSPS) is 16.6. The second kappa shape index (κ2) is 21.3. The molecule has 7 rings (SSSR count). The number of nitrogens with zero attached hydrogens (tertiary/aromatic N) is 4. The number of aldehydes is 1. The van der Waals surface area contributed by atoms with Crippen molar-refractivity contribution in [2.75, 3.05) is 64.2 Å². The summed E-state index contributed by atoms with van der Waals surface area (Å²) < 4.78 is 17.4. The molecule has 3 N–H and O–H groups in total. The number of carbonyl (C=O) groups excluding carboxylic acids is 4. The molecule has 2 fully saturated rings. The Morgan fingerprint density at radius 2 is 1.57 bits per heavy atom. The Hall–Kier alpha value is -6.72. The number of hydrogen-bond donors (Lipinski definition) is 3. The minimum Gasteiger partial charge on any atom is -0.493 e. The van der Waals surface area contributed by atoms with E-state index < -0.39 is 17.9 Å². The van der Waals surface area contributed by atoms with Gasteiger partial charge in [0.15, 0.2) is 11.5 Å². The van der Waals surface area contributed by atoms with Crippen molar-refractivity contribution < 1.29 is 33.4 Å². The third-order valence-corrected chi connectivity index (χ3v) is 13.2. The van der Waals surface area contributed by atoms with Gasteiger partial charge in [0, 0.05) is 63.2 Å². The van der Waals surface area contributed by atoms with Crippen LogP contribution < -0.4 is 29.7 Å². The summed E-state index contributed by atoms with van der Waals surface area (Å²) in [6.07, 6.45) is 5.64. The van der Waals surface area contributed by atoms with E-state index in [9.17, 15) is 24.4 Å². The predicted molar refractivity (Wildman–Crippen MR) is 249 cm³/mol. The molecule has 14 heteroatoms. The summed E-state index contributed by atoms with van der Waals surface area (Å²) in [6, 6.07) is 25.8. The molecule has 14 nitrogen and oxygen atoms in total. The molecule has 4 aromatic carbocycles. The van der Waals surface area contributed by atoms with Gasteiger partial charge in [-0.25, -0.2) is 0 Å². The monoisotopic (exact) mass is 881 g/mol. The highest BCUT2D eigenvalue weighted by Gasteiger charge is 2.41. The molecule has 0 aliphatic carbocycles. The lowest BCUT2D eigenvalue weighted by molar-refractivity contribution is -0.122. The van der Waals surface area contributed by atoms with Crippen LogP contribution in [-0.2, 0) is 16.1 Å². The minimum atomic E-state index is -0.768. The Kier molecular flexibility index (Phi) is 15.2. The Morgan fingerprint density at radius 3 is 2.22 bits per heavy atom. The maximum Gasteiger partial charge on any atom is 0.262 e. The summed E-state index contributed by atoms with van der Waals surface area (Å²) in [5, 5.41) is 24.2. The van der Waals surface area contributed by atoms with Crippen LogP contribution in [0, 0.1) is 34.5 Å². The third kappa shape index (κ3) is 10.3. The summed E-state index contributed by atoms with van der Waals surface area (Å²) in [6.45, 7) is 7.00. The van der Waals surface area contributed by atoms with Crippen molar-refractivity contribution in [2.45, 2.75) is 64.5 Å². The lowest BCUT2D eigenvalue weighted by atomic mass is 9.78. The number of amides is 3. The highest BCUT2D eigenvalue weighted by molar-refractivity contribution is 6.22. The summed E-state index contributed by atoms with van der Waals surface area (Å²) >= 11 is 0. The van der Waals surface area contributed by atoms with Crippen molar-refractivity contribution in [1.82, 2.24) is 15.1 Å². The van der Waals surface area contributed by atoms with E-state index in [1.54, 1.807) is 50.6 Å². The van der Waals surface area contributed by atoms with E-state index in [0.29, 0.717) is 69.4 Å². The van der Waals surface area contributed by atoms with E-state index >= 15 is 0 Å². The molecule has 340 valence electrons. The second-order valence-corrected chi connectivity index (χ2v) is 16.9. The van der Waals surface area contributed by atoms with E-state index in [1.165, 1.54) is 17.5 Å². The minimum absolute atomic E-state index is 0.0482. The molecular weight excluding hydrogens is 823 g/mol. The van der Waals surface area contributed by atoms with Gasteiger partial charge in [-0.15, -0.1) is 0 Å². The highest BCUT2D eigenvalue weighted by atomic mass is 16.5. The van der Waals surface area contributed by atoms with Crippen molar-refractivity contribution in [3.63, 3.8) is 0 Å². The number of benzene rings is 4. The molecule has 0 spiro atoms. The van der Waals surface area contributed by atoms with Gasteiger partial charge < -0.3 is 39.9 Å². The molecule has 0 bridgehead atoms. The molecule has 0 aromatic heterocycles. The smallest absolute Gasteiger partial charge is 0.262 e. The first kappa shape index (κ1) is 46.3. The fourth-order valence-electron chi connectivity index (χ4n) is 9.64. The van der Waals surface area contributed by atoms with Crippen molar-refractivity contribution >= 4 is 41.1 Å². The number of nitrogens with one attached hydrogen (secondary N) is 3. The molecule has 4 aromatic rings. The van der Waals surface area contributed by atoms with Crippen LogP contribution in [0.3, 0.4) is 0 Å². The molecule has 2 saturated heterocycles. The van der Waals surface area contributed by atoms with Crippen LogP contribution in [0.2, 0.25) is 0 Å². The number of methoxy groups -OCH3 is 1. The molecule has 3 heterocycles. The quantitative estimate of drug-likeness (QED) is 0.0472. The average Bonchev–Trinajstić information content (AvgIpc) is 3.58. The molecule has 2 unspecified atom stereocenters. The van der Waals surface area contributed by atoms with Crippen molar-refractivity contribution in [2.24, 2.45) is 17.8 Å². The molecular formula is C51H59N7O7. The SMILES string of the molecule is CCOc1cc(C(CC#N)N2C(=O)c3ccc(N4CCC(C5CCN(Cc6ccc(Oc7ccc(C(=N)C(CCC=O)C(=O)NC)c(NC)c7)cc6)CC5)CC4)cc3C2=O)ccc1OC. The van der Waals surface area contributed by atoms with Crippen molar-refractivity contribution in [3.05, 3.63) is 107 Å². The van der Waals surface area contributed by atoms with Gasteiger partial charge >= 0.3 is 0 Å². The van der Waals surface area contributed by atoms with E-state index in [1.807, 2.05) is 37.3 Å². The first-order valence-electron chi connectivity index (χ1n) is 22.6. The van der Waals surface area contributed by atoms with Gasteiger partial charge in [0.2, 0.25) is 5.91 Å². The number of carbonyl (C=O) groups is 4. The van der Waals surface area contributed by atoms with Gasteiger partial charge in [-0.3, -0.25) is 24.2 Å². The number of rotatable bonds is 19. The number of ether oxygens (including phenoxy) is 3. The van der Waals surface area contributed by atoms with Gasteiger partial charge in [0.1, 0.15) is 17.8 Å². The van der Waals surface area contributed by atoms with E-state index in [0.717, 1.165) is 70.4 Å².